The lowest BCUT2D eigenvalue weighted by molar-refractivity contribution is 0.0924. The number of rotatable bonds is 4. The average Bonchev–Trinajstić information content (AvgIpc) is 3.08. The Labute approximate surface area is 104 Å². The van der Waals surface area contributed by atoms with Crippen molar-refractivity contribution in [3.63, 3.8) is 0 Å². The summed E-state index contributed by atoms with van der Waals surface area (Å²) in [5, 5.41) is 19.3. The largest absolute Gasteiger partial charge is 0.396 e. The molecule has 2 heteroatoms. The third-order valence-electron chi connectivity index (χ3n) is 5.60. The van der Waals surface area contributed by atoms with Gasteiger partial charge in [-0.2, -0.15) is 0 Å². The Kier molecular flexibility index (Phi) is 2.64. The van der Waals surface area contributed by atoms with Crippen molar-refractivity contribution in [2.24, 2.45) is 35.0 Å². The number of hydrogen-bond donors (Lipinski definition) is 2. The van der Waals surface area contributed by atoms with E-state index in [1.807, 2.05) is 6.92 Å². The van der Waals surface area contributed by atoms with Crippen LogP contribution in [0.25, 0.3) is 0 Å². The zero-order valence-corrected chi connectivity index (χ0v) is 10.8. The smallest absolute Gasteiger partial charge is 0.0514 e. The van der Waals surface area contributed by atoms with Crippen LogP contribution >= 0.6 is 0 Å². The maximum atomic E-state index is 9.65. The van der Waals surface area contributed by atoms with Crippen molar-refractivity contribution in [2.75, 3.05) is 6.61 Å². The second-order valence-corrected chi connectivity index (χ2v) is 6.65. The summed E-state index contributed by atoms with van der Waals surface area (Å²) in [6.45, 7) is 4.42. The zero-order valence-electron chi connectivity index (χ0n) is 10.8. The van der Waals surface area contributed by atoms with Crippen molar-refractivity contribution < 1.29 is 10.2 Å². The quantitative estimate of drug-likeness (QED) is 0.735. The van der Waals surface area contributed by atoms with Crippen LogP contribution in [0.15, 0.2) is 12.2 Å². The fourth-order valence-electron chi connectivity index (χ4n) is 4.57. The van der Waals surface area contributed by atoms with Crippen molar-refractivity contribution in [3.05, 3.63) is 12.2 Å². The topological polar surface area (TPSA) is 40.5 Å². The zero-order chi connectivity index (χ0) is 12.2. The highest BCUT2D eigenvalue weighted by atomic mass is 16.3. The molecule has 96 valence electrons. The predicted molar refractivity (Wildman–Crippen MR) is 67.3 cm³/mol. The van der Waals surface area contributed by atoms with Crippen LogP contribution in [0.3, 0.4) is 0 Å². The highest BCUT2D eigenvalue weighted by Gasteiger charge is 2.67. The lowest BCUT2D eigenvalue weighted by Gasteiger charge is -2.31. The van der Waals surface area contributed by atoms with Gasteiger partial charge in [0.25, 0.3) is 0 Å². The van der Waals surface area contributed by atoms with E-state index in [1.165, 1.54) is 12.8 Å². The van der Waals surface area contributed by atoms with E-state index in [2.05, 4.69) is 19.1 Å². The molecule has 0 saturated heterocycles. The monoisotopic (exact) mass is 236 g/mol. The van der Waals surface area contributed by atoms with Crippen molar-refractivity contribution in [2.45, 2.75) is 39.2 Å². The molecule has 2 fully saturated rings. The summed E-state index contributed by atoms with van der Waals surface area (Å²) in [6, 6.07) is 0. The highest BCUT2D eigenvalue weighted by molar-refractivity contribution is 5.24. The van der Waals surface area contributed by atoms with E-state index in [0.717, 1.165) is 24.2 Å². The third kappa shape index (κ3) is 1.68. The van der Waals surface area contributed by atoms with Crippen LogP contribution in [-0.2, 0) is 0 Å². The Hall–Kier alpha value is -0.340. The number of aliphatic hydroxyl groups excluding tert-OH is 2. The van der Waals surface area contributed by atoms with Gasteiger partial charge in [-0.05, 0) is 55.3 Å². The summed E-state index contributed by atoms with van der Waals surface area (Å²) in [6.07, 6.45) is 7.91. The summed E-state index contributed by atoms with van der Waals surface area (Å²) >= 11 is 0. The van der Waals surface area contributed by atoms with Gasteiger partial charge >= 0.3 is 0 Å². The average molecular weight is 236 g/mol. The number of aliphatic hydroxyl groups is 2. The van der Waals surface area contributed by atoms with Crippen molar-refractivity contribution in [1.82, 2.24) is 0 Å². The summed E-state index contributed by atoms with van der Waals surface area (Å²) in [5.41, 5.74) is 0.304. The van der Waals surface area contributed by atoms with E-state index in [0.29, 0.717) is 17.3 Å². The molecule has 7 atom stereocenters. The molecule has 2 nitrogen and oxygen atoms in total. The van der Waals surface area contributed by atoms with Gasteiger partial charge in [0.15, 0.2) is 0 Å². The minimum atomic E-state index is -0.220. The molecular formula is C15H24O2. The predicted octanol–water partition coefficient (Wildman–Crippen LogP) is 2.21. The number of allylic oxidation sites excluding steroid dienone is 1. The van der Waals surface area contributed by atoms with Gasteiger partial charge in [0, 0.05) is 12.5 Å². The molecule has 3 aliphatic rings. The van der Waals surface area contributed by atoms with Crippen LogP contribution in [-0.4, -0.2) is 22.9 Å². The van der Waals surface area contributed by atoms with Crippen molar-refractivity contribution in [3.8, 4) is 0 Å². The first-order chi connectivity index (χ1) is 8.09. The van der Waals surface area contributed by atoms with Crippen molar-refractivity contribution >= 4 is 0 Å². The summed E-state index contributed by atoms with van der Waals surface area (Å²) in [4.78, 5) is 0. The summed E-state index contributed by atoms with van der Waals surface area (Å²) < 4.78 is 0. The Morgan fingerprint density at radius 2 is 2.12 bits per heavy atom. The number of fused-ring (bicyclic) bond motifs is 3. The van der Waals surface area contributed by atoms with Gasteiger partial charge in [-0.15, -0.1) is 0 Å². The molecule has 0 spiro atoms. The molecule has 0 aromatic rings. The maximum Gasteiger partial charge on any atom is 0.0514 e. The van der Waals surface area contributed by atoms with Gasteiger partial charge in [0.1, 0.15) is 0 Å². The number of hydrogen-bond acceptors (Lipinski definition) is 2. The molecule has 0 unspecified atom stereocenters. The van der Waals surface area contributed by atoms with E-state index < -0.39 is 0 Å². The molecule has 3 rings (SSSR count). The minimum Gasteiger partial charge on any atom is -0.396 e. The molecular weight excluding hydrogens is 212 g/mol. The first kappa shape index (κ1) is 11.7. The van der Waals surface area contributed by atoms with Gasteiger partial charge in [-0.3, -0.25) is 0 Å². The van der Waals surface area contributed by atoms with E-state index in [4.69, 9.17) is 0 Å². The fourth-order valence-corrected chi connectivity index (χ4v) is 4.57. The second kappa shape index (κ2) is 3.83. The van der Waals surface area contributed by atoms with Crippen LogP contribution in [0, 0.1) is 35.0 Å². The van der Waals surface area contributed by atoms with E-state index >= 15 is 0 Å². The standard InChI is InChI=1S/C15H24O2/c1-9(5-10(2)17)15-7-14(15)13-6-11(13)3-4-12(15)8-16/h3-4,9-14,16-17H,5-8H2,1-2H3/t9-,10-,11-,12-,13+,14-,15-/m1/s1. The molecule has 0 aliphatic heterocycles. The van der Waals surface area contributed by atoms with Crippen LogP contribution in [0.4, 0.5) is 0 Å². The molecule has 0 bridgehead atoms. The highest BCUT2D eigenvalue weighted by Crippen LogP contribution is 2.73. The fraction of sp³-hybridized carbons (Fsp3) is 0.867. The van der Waals surface area contributed by atoms with Gasteiger partial charge in [0.2, 0.25) is 0 Å². The van der Waals surface area contributed by atoms with E-state index in [9.17, 15) is 10.2 Å². The van der Waals surface area contributed by atoms with Gasteiger partial charge in [0.05, 0.1) is 6.10 Å². The maximum absolute atomic E-state index is 9.65. The first-order valence-electron chi connectivity index (χ1n) is 7.06. The SMILES string of the molecule is C[C@H](C[C@@H](C)O)[C@@]12C[C@@H]1[C@H]1C[C@H]1C=C[C@@H]2CO. The second-order valence-electron chi connectivity index (χ2n) is 6.65. The lowest BCUT2D eigenvalue weighted by Crippen LogP contribution is -2.29. The molecule has 0 aromatic carbocycles. The van der Waals surface area contributed by atoms with E-state index in [1.54, 1.807) is 0 Å². The molecule has 17 heavy (non-hydrogen) atoms. The van der Waals surface area contributed by atoms with Crippen LogP contribution in [0.2, 0.25) is 0 Å². The molecule has 0 amide bonds. The van der Waals surface area contributed by atoms with Crippen LogP contribution < -0.4 is 0 Å². The molecule has 0 radical (unpaired) electrons. The lowest BCUT2D eigenvalue weighted by atomic mass is 9.74. The molecule has 0 aromatic heterocycles. The van der Waals surface area contributed by atoms with Gasteiger partial charge in [-0.25, -0.2) is 0 Å². The Bertz CT molecular complexity index is 336. The van der Waals surface area contributed by atoms with E-state index in [-0.39, 0.29) is 12.7 Å². The molecule has 2 saturated carbocycles. The summed E-state index contributed by atoms with van der Waals surface area (Å²) in [5.74, 6) is 3.35. The minimum absolute atomic E-state index is 0.220. The van der Waals surface area contributed by atoms with Crippen LogP contribution in [0.1, 0.15) is 33.1 Å². The normalized spacial score (nSPS) is 49.9. The Morgan fingerprint density at radius 1 is 1.35 bits per heavy atom. The van der Waals surface area contributed by atoms with Gasteiger partial charge in [-0.1, -0.05) is 19.1 Å². The molecule has 2 N–H and O–H groups in total. The Morgan fingerprint density at radius 3 is 2.76 bits per heavy atom. The molecule has 3 aliphatic carbocycles. The van der Waals surface area contributed by atoms with Gasteiger partial charge < -0.3 is 10.2 Å². The summed E-state index contributed by atoms with van der Waals surface area (Å²) in [7, 11) is 0. The van der Waals surface area contributed by atoms with Crippen LogP contribution in [0.5, 0.6) is 0 Å². The molecule has 0 heterocycles. The Balaban J connectivity index is 1.82. The van der Waals surface area contributed by atoms with Crippen molar-refractivity contribution in [1.29, 1.82) is 0 Å². The third-order valence-corrected chi connectivity index (χ3v) is 5.60. The first-order valence-corrected chi connectivity index (χ1v) is 7.06.